The number of nitrogens with zero attached hydrogens (tertiary/aromatic N) is 3. The van der Waals surface area contributed by atoms with Gasteiger partial charge in [-0.15, -0.1) is 11.3 Å². The molecule has 24 heavy (non-hydrogen) atoms. The number of hydrogen-bond donors (Lipinski definition) is 1. The van der Waals surface area contributed by atoms with Crippen molar-refractivity contribution in [1.82, 2.24) is 14.8 Å². The van der Waals surface area contributed by atoms with E-state index in [1.54, 1.807) is 6.20 Å². The van der Waals surface area contributed by atoms with Gasteiger partial charge in [-0.25, -0.2) is 4.98 Å². The lowest BCUT2D eigenvalue weighted by Gasteiger charge is -2.37. The zero-order valence-corrected chi connectivity index (χ0v) is 15.2. The number of halogens is 1. The van der Waals surface area contributed by atoms with Crippen molar-refractivity contribution in [2.45, 2.75) is 19.5 Å². The molecule has 1 fully saturated rings. The summed E-state index contributed by atoms with van der Waals surface area (Å²) < 4.78 is 0. The van der Waals surface area contributed by atoms with E-state index in [4.69, 9.17) is 11.6 Å². The van der Waals surface area contributed by atoms with Gasteiger partial charge in [-0.1, -0.05) is 23.7 Å². The first-order valence-corrected chi connectivity index (χ1v) is 9.29. The molecule has 1 N–H and O–H groups in total. The molecule has 0 radical (unpaired) electrons. The van der Waals surface area contributed by atoms with Gasteiger partial charge in [0.2, 0.25) is 5.91 Å². The van der Waals surface area contributed by atoms with E-state index in [9.17, 15) is 4.79 Å². The third kappa shape index (κ3) is 4.54. The van der Waals surface area contributed by atoms with Crippen molar-refractivity contribution in [2.24, 2.45) is 0 Å². The largest absolute Gasteiger partial charge is 0.301 e. The highest BCUT2D eigenvalue weighted by Crippen LogP contribution is 2.16. The van der Waals surface area contributed by atoms with Crippen LogP contribution in [0.15, 0.2) is 35.8 Å². The SMILES string of the molecule is CC(C(=O)Nc1nccs1)N1CCN(Cc2cccc(Cl)c2)CC1. The number of carbonyl (C=O) groups excluding carboxylic acids is 1. The van der Waals surface area contributed by atoms with Crippen molar-refractivity contribution < 1.29 is 4.79 Å². The first-order valence-electron chi connectivity index (χ1n) is 8.03. The smallest absolute Gasteiger partial charge is 0.243 e. The van der Waals surface area contributed by atoms with Crippen LogP contribution >= 0.6 is 22.9 Å². The molecule has 1 unspecified atom stereocenters. The molecule has 0 saturated carbocycles. The molecule has 1 aliphatic heterocycles. The van der Waals surface area contributed by atoms with Crippen LogP contribution in [0.5, 0.6) is 0 Å². The van der Waals surface area contributed by atoms with E-state index in [-0.39, 0.29) is 11.9 Å². The second-order valence-corrected chi connectivity index (χ2v) is 7.28. The Morgan fingerprint density at radius 1 is 1.38 bits per heavy atom. The maximum absolute atomic E-state index is 12.3. The van der Waals surface area contributed by atoms with E-state index in [0.29, 0.717) is 5.13 Å². The molecule has 1 aromatic heterocycles. The summed E-state index contributed by atoms with van der Waals surface area (Å²) in [5.74, 6) is 0.00763. The molecule has 1 saturated heterocycles. The number of anilines is 1. The number of rotatable bonds is 5. The molecular weight excluding hydrogens is 344 g/mol. The van der Waals surface area contributed by atoms with E-state index >= 15 is 0 Å². The minimum atomic E-state index is -0.151. The Morgan fingerprint density at radius 3 is 2.83 bits per heavy atom. The molecule has 1 aromatic carbocycles. The van der Waals surface area contributed by atoms with Gasteiger partial charge >= 0.3 is 0 Å². The summed E-state index contributed by atoms with van der Waals surface area (Å²) in [4.78, 5) is 21.0. The predicted octanol–water partition coefficient (Wildman–Crippen LogP) is 2.94. The number of thiazole rings is 1. The van der Waals surface area contributed by atoms with Crippen LogP contribution in [0, 0.1) is 0 Å². The average Bonchev–Trinajstić information content (AvgIpc) is 3.08. The van der Waals surface area contributed by atoms with Gasteiger partial charge in [-0.3, -0.25) is 14.6 Å². The van der Waals surface area contributed by atoms with Crippen molar-refractivity contribution >= 4 is 34.0 Å². The minimum absolute atomic E-state index is 0.00763. The summed E-state index contributed by atoms with van der Waals surface area (Å²) in [6, 6.07) is 7.84. The number of carbonyl (C=O) groups is 1. The highest BCUT2D eigenvalue weighted by molar-refractivity contribution is 7.13. The van der Waals surface area contributed by atoms with Gasteiger partial charge in [-0.05, 0) is 24.6 Å². The monoisotopic (exact) mass is 364 g/mol. The van der Waals surface area contributed by atoms with E-state index in [1.807, 2.05) is 30.5 Å². The molecule has 0 bridgehead atoms. The van der Waals surface area contributed by atoms with Gasteiger partial charge in [0, 0.05) is 49.3 Å². The van der Waals surface area contributed by atoms with Gasteiger partial charge in [0.25, 0.3) is 0 Å². The lowest BCUT2D eigenvalue weighted by atomic mass is 10.1. The van der Waals surface area contributed by atoms with Crippen molar-refractivity contribution in [3.63, 3.8) is 0 Å². The quantitative estimate of drug-likeness (QED) is 0.886. The minimum Gasteiger partial charge on any atom is -0.301 e. The predicted molar refractivity (Wildman–Crippen MR) is 98.5 cm³/mol. The van der Waals surface area contributed by atoms with Gasteiger partial charge < -0.3 is 5.32 Å². The van der Waals surface area contributed by atoms with Crippen molar-refractivity contribution in [3.05, 3.63) is 46.4 Å². The highest BCUT2D eigenvalue weighted by atomic mass is 35.5. The topological polar surface area (TPSA) is 48.5 Å². The summed E-state index contributed by atoms with van der Waals surface area (Å²) in [5.41, 5.74) is 1.23. The van der Waals surface area contributed by atoms with Crippen LogP contribution in [-0.2, 0) is 11.3 Å². The Balaban J connectivity index is 1.48. The van der Waals surface area contributed by atoms with Crippen LogP contribution in [-0.4, -0.2) is 52.9 Å². The third-order valence-corrected chi connectivity index (χ3v) is 5.22. The zero-order chi connectivity index (χ0) is 16.9. The number of piperazine rings is 1. The van der Waals surface area contributed by atoms with E-state index < -0.39 is 0 Å². The summed E-state index contributed by atoms with van der Waals surface area (Å²) in [6.07, 6.45) is 1.69. The molecule has 0 spiro atoms. The molecule has 0 aliphatic carbocycles. The van der Waals surface area contributed by atoms with Crippen LogP contribution in [0.1, 0.15) is 12.5 Å². The van der Waals surface area contributed by atoms with Gasteiger partial charge in [-0.2, -0.15) is 0 Å². The van der Waals surface area contributed by atoms with Crippen LogP contribution in [0.3, 0.4) is 0 Å². The second kappa shape index (κ2) is 8.07. The summed E-state index contributed by atoms with van der Waals surface area (Å²) >= 11 is 7.48. The lowest BCUT2D eigenvalue weighted by molar-refractivity contribution is -0.121. The molecule has 1 aliphatic rings. The van der Waals surface area contributed by atoms with Crippen LogP contribution in [0.25, 0.3) is 0 Å². The number of amides is 1. The Hall–Kier alpha value is -1.47. The normalized spacial score (nSPS) is 17.6. The number of benzene rings is 1. The molecule has 7 heteroatoms. The number of aromatic nitrogens is 1. The van der Waals surface area contributed by atoms with Gasteiger partial charge in [0.1, 0.15) is 0 Å². The van der Waals surface area contributed by atoms with Crippen molar-refractivity contribution in [1.29, 1.82) is 0 Å². The molecular formula is C17H21ClN4OS. The van der Waals surface area contributed by atoms with Crippen LogP contribution < -0.4 is 5.32 Å². The highest BCUT2D eigenvalue weighted by Gasteiger charge is 2.25. The van der Waals surface area contributed by atoms with Gasteiger partial charge in [0.05, 0.1) is 6.04 Å². The molecule has 1 amide bonds. The molecule has 1 atom stereocenters. The molecule has 2 heterocycles. The summed E-state index contributed by atoms with van der Waals surface area (Å²) in [5, 5.41) is 6.17. The Kier molecular flexibility index (Phi) is 5.84. The standard InChI is InChI=1S/C17H21ClN4OS/c1-13(16(23)20-17-19-5-10-24-17)22-8-6-21(7-9-22)12-14-3-2-4-15(18)11-14/h2-5,10-11,13H,6-9,12H2,1H3,(H,19,20,23). The molecule has 3 rings (SSSR count). The van der Waals surface area contributed by atoms with Crippen LogP contribution in [0.2, 0.25) is 5.02 Å². The molecule has 2 aromatic rings. The Bertz CT molecular complexity index is 671. The number of nitrogens with one attached hydrogen (secondary N) is 1. The fourth-order valence-electron chi connectivity index (χ4n) is 2.86. The summed E-state index contributed by atoms with van der Waals surface area (Å²) in [7, 11) is 0. The van der Waals surface area contributed by atoms with Crippen molar-refractivity contribution in [3.8, 4) is 0 Å². The second-order valence-electron chi connectivity index (χ2n) is 5.94. The number of hydrogen-bond acceptors (Lipinski definition) is 5. The van der Waals surface area contributed by atoms with E-state index in [0.717, 1.165) is 37.7 Å². The first-order chi connectivity index (χ1) is 11.6. The third-order valence-electron chi connectivity index (χ3n) is 4.29. The Labute approximate surface area is 151 Å². The fourth-order valence-corrected chi connectivity index (χ4v) is 3.61. The van der Waals surface area contributed by atoms with E-state index in [2.05, 4.69) is 26.2 Å². The zero-order valence-electron chi connectivity index (χ0n) is 13.6. The maximum Gasteiger partial charge on any atom is 0.243 e. The van der Waals surface area contributed by atoms with Gasteiger partial charge in [0.15, 0.2) is 5.13 Å². The molecule has 5 nitrogen and oxygen atoms in total. The van der Waals surface area contributed by atoms with Crippen molar-refractivity contribution in [2.75, 3.05) is 31.5 Å². The first kappa shape index (κ1) is 17.4. The molecule has 128 valence electrons. The van der Waals surface area contributed by atoms with Crippen LogP contribution in [0.4, 0.5) is 5.13 Å². The van der Waals surface area contributed by atoms with E-state index in [1.165, 1.54) is 16.9 Å². The maximum atomic E-state index is 12.3. The Morgan fingerprint density at radius 2 is 2.17 bits per heavy atom. The summed E-state index contributed by atoms with van der Waals surface area (Å²) in [6.45, 7) is 6.51. The fraction of sp³-hybridized carbons (Fsp3) is 0.412. The lowest BCUT2D eigenvalue weighted by Crippen LogP contribution is -2.52. The average molecular weight is 365 g/mol.